The van der Waals surface area contributed by atoms with Gasteiger partial charge in [-0.05, 0) is 29.7 Å². The molecule has 1 aromatic carbocycles. The van der Waals surface area contributed by atoms with Crippen LogP contribution in [0.15, 0.2) is 24.3 Å². The summed E-state index contributed by atoms with van der Waals surface area (Å²) in [5.74, 6) is -0.663. The number of anilines is 1. The molecule has 0 aliphatic carbocycles. The van der Waals surface area contributed by atoms with Crippen LogP contribution in [-0.4, -0.2) is 16.1 Å². The van der Waals surface area contributed by atoms with E-state index in [1.54, 1.807) is 0 Å². The van der Waals surface area contributed by atoms with Crippen molar-refractivity contribution in [3.63, 3.8) is 0 Å². The van der Waals surface area contributed by atoms with E-state index < -0.39 is 5.97 Å². The second-order valence-corrected chi connectivity index (χ2v) is 4.33. The third-order valence-corrected chi connectivity index (χ3v) is 2.75. The molecule has 17 heavy (non-hydrogen) atoms. The predicted octanol–water partition coefficient (Wildman–Crippen LogP) is 2.64. The normalized spacial score (nSPS) is 11.0. The van der Waals surface area contributed by atoms with Gasteiger partial charge in [-0.25, -0.2) is 9.78 Å². The molecule has 0 atom stereocenters. The third-order valence-electron chi connectivity index (χ3n) is 2.75. The molecule has 0 unspecified atom stereocenters. The Hall–Kier alpha value is -2.10. The van der Waals surface area contributed by atoms with Gasteiger partial charge >= 0.3 is 5.97 Å². The highest BCUT2D eigenvalue weighted by Crippen LogP contribution is 2.25. The van der Waals surface area contributed by atoms with Crippen molar-refractivity contribution in [3.05, 3.63) is 35.5 Å². The number of fused-ring (bicyclic) bond motifs is 1. The number of pyridine rings is 1. The molecular weight excluding hydrogens is 216 g/mol. The maximum atomic E-state index is 10.9. The molecule has 88 valence electrons. The average Bonchev–Trinajstić information content (AvgIpc) is 2.28. The minimum atomic E-state index is -1.06. The molecule has 0 bridgehead atoms. The molecule has 0 saturated heterocycles. The summed E-state index contributed by atoms with van der Waals surface area (Å²) in [6.07, 6.45) is 0. The largest absolute Gasteiger partial charge is 0.477 e. The number of aromatic nitrogens is 1. The van der Waals surface area contributed by atoms with Gasteiger partial charge in [0.1, 0.15) is 0 Å². The Kier molecular flexibility index (Phi) is 2.71. The summed E-state index contributed by atoms with van der Waals surface area (Å²) in [7, 11) is 0. The van der Waals surface area contributed by atoms with Crippen LogP contribution in [0.4, 0.5) is 5.69 Å². The number of nitrogen functional groups attached to an aromatic ring is 1. The summed E-state index contributed by atoms with van der Waals surface area (Å²) in [6.45, 7) is 4.19. The number of benzene rings is 1. The fourth-order valence-electron chi connectivity index (χ4n) is 1.74. The molecule has 0 amide bonds. The van der Waals surface area contributed by atoms with Crippen molar-refractivity contribution in [2.24, 2.45) is 0 Å². The minimum absolute atomic E-state index is 0.0210. The summed E-state index contributed by atoms with van der Waals surface area (Å²) in [5.41, 5.74) is 8.07. The number of nitrogens with zero attached hydrogens (tertiary/aromatic N) is 1. The van der Waals surface area contributed by atoms with Gasteiger partial charge in [-0.3, -0.25) is 0 Å². The summed E-state index contributed by atoms with van der Waals surface area (Å²) >= 11 is 0. The maximum absolute atomic E-state index is 10.9. The van der Waals surface area contributed by atoms with E-state index in [0.29, 0.717) is 17.1 Å². The van der Waals surface area contributed by atoms with Crippen LogP contribution in [-0.2, 0) is 0 Å². The van der Waals surface area contributed by atoms with E-state index in [-0.39, 0.29) is 5.69 Å². The molecule has 0 saturated carbocycles. The molecule has 0 fully saturated rings. The van der Waals surface area contributed by atoms with Crippen LogP contribution in [0, 0.1) is 0 Å². The van der Waals surface area contributed by atoms with Gasteiger partial charge in [0, 0.05) is 11.1 Å². The van der Waals surface area contributed by atoms with E-state index in [0.717, 1.165) is 10.9 Å². The van der Waals surface area contributed by atoms with Gasteiger partial charge in [0.2, 0.25) is 0 Å². The zero-order valence-electron chi connectivity index (χ0n) is 9.77. The predicted molar refractivity (Wildman–Crippen MR) is 67.2 cm³/mol. The Balaban J connectivity index is 2.68. The Morgan fingerprint density at radius 1 is 1.35 bits per heavy atom. The summed E-state index contributed by atoms with van der Waals surface area (Å²) < 4.78 is 0. The van der Waals surface area contributed by atoms with Crippen LogP contribution in [0.25, 0.3) is 10.9 Å². The van der Waals surface area contributed by atoms with E-state index in [1.165, 1.54) is 6.07 Å². The molecule has 0 radical (unpaired) electrons. The zero-order chi connectivity index (χ0) is 12.6. The lowest BCUT2D eigenvalue weighted by Gasteiger charge is -2.08. The monoisotopic (exact) mass is 230 g/mol. The highest BCUT2D eigenvalue weighted by Gasteiger charge is 2.10. The number of carboxylic acid groups (broad SMARTS) is 1. The summed E-state index contributed by atoms with van der Waals surface area (Å²) in [6, 6.07) is 7.13. The summed E-state index contributed by atoms with van der Waals surface area (Å²) in [5, 5.41) is 9.70. The van der Waals surface area contributed by atoms with Crippen LogP contribution >= 0.6 is 0 Å². The van der Waals surface area contributed by atoms with E-state index >= 15 is 0 Å². The second-order valence-electron chi connectivity index (χ2n) is 4.33. The van der Waals surface area contributed by atoms with Crippen LogP contribution in [0.5, 0.6) is 0 Å². The Morgan fingerprint density at radius 3 is 2.65 bits per heavy atom. The number of carbonyl (C=O) groups is 1. The second kappa shape index (κ2) is 4.05. The quantitative estimate of drug-likeness (QED) is 0.831. The first-order chi connectivity index (χ1) is 7.99. The molecule has 2 aromatic rings. The molecule has 0 aliphatic heterocycles. The molecule has 4 nitrogen and oxygen atoms in total. The standard InChI is InChI=1S/C13H14N2O2/c1-7(2)8-3-4-11-9(5-8)10(14)6-12(15-11)13(16)17/h3-7H,1-2H3,(H2,14,15)(H,16,17). The maximum Gasteiger partial charge on any atom is 0.354 e. The number of rotatable bonds is 2. The van der Waals surface area contributed by atoms with Crippen molar-refractivity contribution >= 4 is 22.6 Å². The van der Waals surface area contributed by atoms with E-state index in [9.17, 15) is 4.79 Å². The van der Waals surface area contributed by atoms with Crippen molar-refractivity contribution in [1.82, 2.24) is 4.98 Å². The lowest BCUT2D eigenvalue weighted by Crippen LogP contribution is -2.03. The number of aromatic carboxylic acids is 1. The lowest BCUT2D eigenvalue weighted by molar-refractivity contribution is 0.0691. The first-order valence-corrected chi connectivity index (χ1v) is 5.42. The van der Waals surface area contributed by atoms with Gasteiger partial charge in [0.05, 0.1) is 5.52 Å². The molecule has 0 aliphatic rings. The van der Waals surface area contributed by atoms with Crippen LogP contribution in [0.3, 0.4) is 0 Å². The SMILES string of the molecule is CC(C)c1ccc2nc(C(=O)O)cc(N)c2c1. The zero-order valence-corrected chi connectivity index (χ0v) is 9.77. The molecule has 4 heteroatoms. The molecule has 2 rings (SSSR count). The van der Waals surface area contributed by atoms with Gasteiger partial charge < -0.3 is 10.8 Å². The number of nitrogens with two attached hydrogens (primary N) is 1. The van der Waals surface area contributed by atoms with Crippen LogP contribution < -0.4 is 5.73 Å². The van der Waals surface area contributed by atoms with Crippen molar-refractivity contribution in [2.45, 2.75) is 19.8 Å². The highest BCUT2D eigenvalue weighted by atomic mass is 16.4. The molecule has 1 aromatic heterocycles. The van der Waals surface area contributed by atoms with Gasteiger partial charge in [0.15, 0.2) is 5.69 Å². The fourth-order valence-corrected chi connectivity index (χ4v) is 1.74. The van der Waals surface area contributed by atoms with Gasteiger partial charge in [0.25, 0.3) is 0 Å². The molecule has 1 heterocycles. The van der Waals surface area contributed by atoms with Crippen LogP contribution in [0.2, 0.25) is 0 Å². The van der Waals surface area contributed by atoms with Gasteiger partial charge in [-0.2, -0.15) is 0 Å². The highest BCUT2D eigenvalue weighted by molar-refractivity contribution is 5.96. The van der Waals surface area contributed by atoms with E-state index in [2.05, 4.69) is 18.8 Å². The first kappa shape index (κ1) is 11.4. The Morgan fingerprint density at radius 2 is 2.06 bits per heavy atom. The smallest absolute Gasteiger partial charge is 0.354 e. The van der Waals surface area contributed by atoms with Crippen molar-refractivity contribution in [3.8, 4) is 0 Å². The minimum Gasteiger partial charge on any atom is -0.477 e. The molecule has 3 N–H and O–H groups in total. The third kappa shape index (κ3) is 2.06. The average molecular weight is 230 g/mol. The Labute approximate surface area is 99.1 Å². The van der Waals surface area contributed by atoms with Crippen molar-refractivity contribution < 1.29 is 9.90 Å². The Bertz CT molecular complexity index is 591. The molecular formula is C13H14N2O2. The van der Waals surface area contributed by atoms with Gasteiger partial charge in [-0.15, -0.1) is 0 Å². The topological polar surface area (TPSA) is 76.2 Å². The number of carboxylic acids is 1. The van der Waals surface area contributed by atoms with Crippen molar-refractivity contribution in [1.29, 1.82) is 0 Å². The first-order valence-electron chi connectivity index (χ1n) is 5.42. The lowest BCUT2D eigenvalue weighted by atomic mass is 10.0. The number of hydrogen-bond donors (Lipinski definition) is 2. The number of hydrogen-bond acceptors (Lipinski definition) is 3. The molecule has 0 spiro atoms. The van der Waals surface area contributed by atoms with E-state index in [1.807, 2.05) is 18.2 Å². The van der Waals surface area contributed by atoms with Crippen molar-refractivity contribution in [2.75, 3.05) is 5.73 Å². The summed E-state index contributed by atoms with van der Waals surface area (Å²) in [4.78, 5) is 14.9. The van der Waals surface area contributed by atoms with E-state index in [4.69, 9.17) is 10.8 Å². The van der Waals surface area contributed by atoms with Gasteiger partial charge in [-0.1, -0.05) is 19.9 Å². The van der Waals surface area contributed by atoms with Crippen LogP contribution in [0.1, 0.15) is 35.8 Å². The fraction of sp³-hybridized carbons (Fsp3) is 0.231.